The highest BCUT2D eigenvalue weighted by atomic mass is 35.5. The molecule has 86 valence electrons. The van der Waals surface area contributed by atoms with E-state index >= 15 is 0 Å². The maximum absolute atomic E-state index is 11.8. The van der Waals surface area contributed by atoms with Gasteiger partial charge in [-0.25, -0.2) is 0 Å². The minimum absolute atomic E-state index is 0.00763. The molecule has 1 saturated heterocycles. The first-order chi connectivity index (χ1) is 7.66. The van der Waals surface area contributed by atoms with E-state index in [1.807, 2.05) is 0 Å². The van der Waals surface area contributed by atoms with E-state index in [0.29, 0.717) is 5.69 Å². The van der Waals surface area contributed by atoms with Gasteiger partial charge in [-0.05, 0) is 31.2 Å². The Labute approximate surface area is 98.6 Å². The minimum Gasteiger partial charge on any atom is -0.506 e. The number of anilines is 1. The van der Waals surface area contributed by atoms with Gasteiger partial charge in [0.1, 0.15) is 5.75 Å². The Morgan fingerprint density at radius 3 is 3.00 bits per heavy atom. The van der Waals surface area contributed by atoms with Crippen molar-refractivity contribution in [2.75, 3.05) is 18.4 Å². The zero-order valence-electron chi connectivity index (χ0n) is 8.66. The van der Waals surface area contributed by atoms with E-state index in [2.05, 4.69) is 10.6 Å². The number of carbonyl (C=O) groups is 1. The van der Waals surface area contributed by atoms with Crippen LogP contribution in [0.1, 0.15) is 6.42 Å². The number of hydrogen-bond donors (Lipinski definition) is 3. The monoisotopic (exact) mass is 240 g/mol. The van der Waals surface area contributed by atoms with Gasteiger partial charge in [-0.3, -0.25) is 4.79 Å². The van der Waals surface area contributed by atoms with Crippen molar-refractivity contribution < 1.29 is 9.90 Å². The highest BCUT2D eigenvalue weighted by molar-refractivity contribution is 6.32. The molecule has 1 aromatic carbocycles. The molecule has 1 heterocycles. The molecular weight excluding hydrogens is 228 g/mol. The molecule has 2 rings (SSSR count). The van der Waals surface area contributed by atoms with Crippen LogP contribution >= 0.6 is 11.6 Å². The fourth-order valence-electron chi connectivity index (χ4n) is 1.71. The third-order valence-electron chi connectivity index (χ3n) is 2.65. The van der Waals surface area contributed by atoms with E-state index in [-0.39, 0.29) is 22.6 Å². The summed E-state index contributed by atoms with van der Waals surface area (Å²) in [7, 11) is 0. The Hall–Kier alpha value is -1.26. The molecule has 1 aliphatic heterocycles. The van der Waals surface area contributed by atoms with Crippen molar-refractivity contribution in [1.29, 1.82) is 0 Å². The number of nitrogens with one attached hydrogen (secondary N) is 2. The molecule has 1 atom stereocenters. The maximum atomic E-state index is 11.8. The topological polar surface area (TPSA) is 61.4 Å². The molecule has 1 unspecified atom stereocenters. The van der Waals surface area contributed by atoms with Crippen LogP contribution in [0.3, 0.4) is 0 Å². The van der Waals surface area contributed by atoms with Gasteiger partial charge in [-0.1, -0.05) is 11.6 Å². The summed E-state index contributed by atoms with van der Waals surface area (Å²) >= 11 is 5.74. The number of carbonyl (C=O) groups excluding carboxylic acids is 1. The Morgan fingerprint density at radius 1 is 1.56 bits per heavy atom. The molecule has 0 saturated carbocycles. The molecule has 3 N–H and O–H groups in total. The second-order valence-electron chi connectivity index (χ2n) is 3.85. The lowest BCUT2D eigenvalue weighted by Gasteiger charge is -2.10. The molecule has 1 amide bonds. The average molecular weight is 241 g/mol. The van der Waals surface area contributed by atoms with Crippen molar-refractivity contribution in [3.63, 3.8) is 0 Å². The molecule has 0 spiro atoms. The van der Waals surface area contributed by atoms with Crippen LogP contribution in [-0.4, -0.2) is 24.1 Å². The number of aromatic hydroxyl groups is 1. The highest BCUT2D eigenvalue weighted by Crippen LogP contribution is 2.26. The maximum Gasteiger partial charge on any atom is 0.228 e. The average Bonchev–Trinajstić information content (AvgIpc) is 2.77. The van der Waals surface area contributed by atoms with Crippen LogP contribution < -0.4 is 10.6 Å². The first kappa shape index (κ1) is 11.2. The van der Waals surface area contributed by atoms with Crippen LogP contribution in [0.5, 0.6) is 5.75 Å². The molecule has 1 fully saturated rings. The normalized spacial score (nSPS) is 19.7. The van der Waals surface area contributed by atoms with Crippen LogP contribution in [-0.2, 0) is 4.79 Å². The Balaban J connectivity index is 2.02. The lowest BCUT2D eigenvalue weighted by Crippen LogP contribution is -2.24. The summed E-state index contributed by atoms with van der Waals surface area (Å²) in [5.41, 5.74) is 0.611. The summed E-state index contributed by atoms with van der Waals surface area (Å²) in [5, 5.41) is 15.4. The van der Waals surface area contributed by atoms with Crippen molar-refractivity contribution >= 4 is 23.2 Å². The molecule has 5 heteroatoms. The van der Waals surface area contributed by atoms with Gasteiger partial charge in [0.2, 0.25) is 5.91 Å². The zero-order valence-corrected chi connectivity index (χ0v) is 9.42. The lowest BCUT2D eigenvalue weighted by atomic mass is 10.1. The van der Waals surface area contributed by atoms with E-state index in [0.717, 1.165) is 19.5 Å². The van der Waals surface area contributed by atoms with E-state index < -0.39 is 0 Å². The number of phenolic OH excluding ortho intramolecular Hbond substituents is 1. The lowest BCUT2D eigenvalue weighted by molar-refractivity contribution is -0.119. The van der Waals surface area contributed by atoms with Gasteiger partial charge in [0.05, 0.1) is 10.9 Å². The first-order valence-corrected chi connectivity index (χ1v) is 5.54. The van der Waals surface area contributed by atoms with Crippen molar-refractivity contribution in [3.8, 4) is 5.75 Å². The second-order valence-corrected chi connectivity index (χ2v) is 4.25. The third-order valence-corrected chi connectivity index (χ3v) is 2.95. The van der Waals surface area contributed by atoms with Crippen molar-refractivity contribution in [2.24, 2.45) is 5.92 Å². The summed E-state index contributed by atoms with van der Waals surface area (Å²) in [4.78, 5) is 11.8. The Kier molecular flexibility index (Phi) is 3.31. The van der Waals surface area contributed by atoms with Gasteiger partial charge < -0.3 is 15.7 Å². The van der Waals surface area contributed by atoms with E-state index in [1.54, 1.807) is 6.07 Å². The van der Waals surface area contributed by atoms with Crippen LogP contribution in [0.15, 0.2) is 18.2 Å². The first-order valence-electron chi connectivity index (χ1n) is 5.17. The quantitative estimate of drug-likeness (QED) is 0.688. The van der Waals surface area contributed by atoms with Gasteiger partial charge in [-0.2, -0.15) is 0 Å². The highest BCUT2D eigenvalue weighted by Gasteiger charge is 2.22. The predicted molar refractivity (Wildman–Crippen MR) is 62.7 cm³/mol. The largest absolute Gasteiger partial charge is 0.506 e. The van der Waals surface area contributed by atoms with Crippen LogP contribution in [0.25, 0.3) is 0 Å². The number of amides is 1. The SMILES string of the molecule is O=C(Nc1ccc(O)c(Cl)c1)C1CCNC1. The van der Waals surface area contributed by atoms with Crippen LogP contribution in [0, 0.1) is 5.92 Å². The zero-order chi connectivity index (χ0) is 11.5. The van der Waals surface area contributed by atoms with E-state index in [1.165, 1.54) is 12.1 Å². The van der Waals surface area contributed by atoms with E-state index in [4.69, 9.17) is 11.6 Å². The molecule has 0 bridgehead atoms. The molecule has 1 aromatic rings. The summed E-state index contributed by atoms with van der Waals surface area (Å²) in [6.07, 6.45) is 0.859. The molecule has 1 aliphatic rings. The van der Waals surface area contributed by atoms with Gasteiger partial charge in [0.15, 0.2) is 0 Å². The molecule has 16 heavy (non-hydrogen) atoms. The summed E-state index contributed by atoms with van der Waals surface area (Å²) in [5.74, 6) is 0.0292. The van der Waals surface area contributed by atoms with Crippen molar-refractivity contribution in [2.45, 2.75) is 6.42 Å². The number of hydrogen-bond acceptors (Lipinski definition) is 3. The molecule has 0 radical (unpaired) electrons. The Morgan fingerprint density at radius 2 is 2.38 bits per heavy atom. The fraction of sp³-hybridized carbons (Fsp3) is 0.364. The third kappa shape index (κ3) is 2.46. The summed E-state index contributed by atoms with van der Waals surface area (Å²) in [6.45, 7) is 1.60. The number of rotatable bonds is 2. The van der Waals surface area contributed by atoms with Crippen molar-refractivity contribution in [3.05, 3.63) is 23.2 Å². The van der Waals surface area contributed by atoms with Crippen LogP contribution in [0.2, 0.25) is 5.02 Å². The standard InChI is InChI=1S/C11H13ClN2O2/c12-9-5-8(1-2-10(9)15)14-11(16)7-3-4-13-6-7/h1-2,5,7,13,15H,3-4,6H2,(H,14,16). The molecule has 0 aliphatic carbocycles. The van der Waals surface area contributed by atoms with Crippen LogP contribution in [0.4, 0.5) is 5.69 Å². The van der Waals surface area contributed by atoms with Gasteiger partial charge >= 0.3 is 0 Å². The number of halogens is 1. The second kappa shape index (κ2) is 4.72. The summed E-state index contributed by atoms with van der Waals surface area (Å²) < 4.78 is 0. The predicted octanol–water partition coefficient (Wildman–Crippen LogP) is 1.59. The smallest absolute Gasteiger partial charge is 0.228 e. The van der Waals surface area contributed by atoms with Gasteiger partial charge in [0, 0.05) is 12.2 Å². The fourth-order valence-corrected chi connectivity index (χ4v) is 1.89. The molecule has 4 nitrogen and oxygen atoms in total. The van der Waals surface area contributed by atoms with Gasteiger partial charge in [0.25, 0.3) is 0 Å². The van der Waals surface area contributed by atoms with E-state index in [9.17, 15) is 9.90 Å². The van der Waals surface area contributed by atoms with Gasteiger partial charge in [-0.15, -0.1) is 0 Å². The number of phenols is 1. The summed E-state index contributed by atoms with van der Waals surface area (Å²) in [6, 6.07) is 4.63. The number of benzene rings is 1. The molecule has 0 aromatic heterocycles. The minimum atomic E-state index is -0.00763. The van der Waals surface area contributed by atoms with Crippen molar-refractivity contribution in [1.82, 2.24) is 5.32 Å². The Bertz CT molecular complexity index is 403. The molecular formula is C11H13ClN2O2.